The highest BCUT2D eigenvalue weighted by atomic mass is 32.2. The summed E-state index contributed by atoms with van der Waals surface area (Å²) in [5, 5.41) is 3.72. The van der Waals surface area contributed by atoms with Crippen LogP contribution in [0.1, 0.15) is 43.0 Å². The fourth-order valence-corrected chi connectivity index (χ4v) is 4.90. The van der Waals surface area contributed by atoms with E-state index in [1.165, 1.54) is 23.1 Å². The van der Waals surface area contributed by atoms with Crippen LogP contribution in [-0.4, -0.2) is 20.7 Å². The zero-order valence-electron chi connectivity index (χ0n) is 16.0. The second-order valence-corrected chi connectivity index (χ2v) is 9.20. The van der Waals surface area contributed by atoms with Crippen molar-refractivity contribution in [3.05, 3.63) is 45.0 Å². The Morgan fingerprint density at radius 3 is 2.74 bits per heavy atom. The van der Waals surface area contributed by atoms with Crippen LogP contribution in [0.3, 0.4) is 0 Å². The van der Waals surface area contributed by atoms with Crippen LogP contribution in [0, 0.1) is 13.8 Å². The van der Waals surface area contributed by atoms with E-state index in [2.05, 4.69) is 5.32 Å². The molecule has 0 bridgehead atoms. The molecule has 0 aliphatic heterocycles. The summed E-state index contributed by atoms with van der Waals surface area (Å²) in [4.78, 5) is 32.0. The van der Waals surface area contributed by atoms with E-state index in [1.54, 1.807) is 16.9 Å². The van der Waals surface area contributed by atoms with Crippen molar-refractivity contribution in [2.45, 2.75) is 57.6 Å². The van der Waals surface area contributed by atoms with Gasteiger partial charge in [0, 0.05) is 10.9 Å². The monoisotopic (exact) mass is 405 g/mol. The summed E-state index contributed by atoms with van der Waals surface area (Å²) in [6.45, 7) is 10.0. The molecule has 0 saturated heterocycles. The van der Waals surface area contributed by atoms with Gasteiger partial charge in [-0.3, -0.25) is 14.2 Å². The highest BCUT2D eigenvalue weighted by Crippen LogP contribution is 2.30. The van der Waals surface area contributed by atoms with E-state index in [9.17, 15) is 9.59 Å². The molecule has 144 valence electrons. The molecule has 0 aliphatic rings. The van der Waals surface area contributed by atoms with Crippen molar-refractivity contribution in [1.29, 1.82) is 0 Å². The van der Waals surface area contributed by atoms with Crippen LogP contribution >= 0.6 is 23.1 Å². The van der Waals surface area contributed by atoms with Gasteiger partial charge in [-0.2, -0.15) is 0 Å². The normalized spacial score (nSPS) is 12.7. The molecule has 27 heavy (non-hydrogen) atoms. The number of rotatable bonds is 6. The van der Waals surface area contributed by atoms with Crippen LogP contribution in [0.25, 0.3) is 10.2 Å². The second-order valence-electron chi connectivity index (χ2n) is 6.68. The van der Waals surface area contributed by atoms with Gasteiger partial charge in [0.05, 0.1) is 23.4 Å². The minimum atomic E-state index is -0.392. The third kappa shape index (κ3) is 3.96. The Bertz CT molecular complexity index is 1020. The average Bonchev–Trinajstić information content (AvgIpc) is 3.21. The molecule has 1 amide bonds. The lowest BCUT2D eigenvalue weighted by atomic mass is 10.2. The Kier molecular flexibility index (Phi) is 5.76. The number of aromatic nitrogens is 2. The lowest BCUT2D eigenvalue weighted by molar-refractivity contribution is -0.120. The van der Waals surface area contributed by atoms with Crippen LogP contribution in [0.5, 0.6) is 0 Å². The summed E-state index contributed by atoms with van der Waals surface area (Å²) < 4.78 is 6.91. The van der Waals surface area contributed by atoms with E-state index < -0.39 is 5.25 Å². The quantitative estimate of drug-likeness (QED) is 0.495. The Labute approximate surface area is 166 Å². The highest BCUT2D eigenvalue weighted by molar-refractivity contribution is 8.00. The summed E-state index contributed by atoms with van der Waals surface area (Å²) in [6, 6.07) is 3.55. The van der Waals surface area contributed by atoms with Crippen molar-refractivity contribution < 1.29 is 9.21 Å². The molecule has 0 radical (unpaired) electrons. The van der Waals surface area contributed by atoms with Crippen LogP contribution in [-0.2, 0) is 11.3 Å². The largest absolute Gasteiger partial charge is 0.467 e. The predicted octanol–water partition coefficient (Wildman–Crippen LogP) is 4.05. The van der Waals surface area contributed by atoms with E-state index in [0.29, 0.717) is 22.8 Å². The van der Waals surface area contributed by atoms with Gasteiger partial charge in [-0.15, -0.1) is 11.3 Å². The third-order valence-electron chi connectivity index (χ3n) is 4.39. The molecule has 8 heteroatoms. The number of aryl methyl sites for hydroxylation is 2. The van der Waals surface area contributed by atoms with Crippen molar-refractivity contribution >= 4 is 39.2 Å². The lowest BCUT2D eigenvalue weighted by Crippen LogP contribution is -2.32. The summed E-state index contributed by atoms with van der Waals surface area (Å²) in [5.41, 5.74) is 0.949. The van der Waals surface area contributed by atoms with Gasteiger partial charge < -0.3 is 9.73 Å². The molecule has 0 unspecified atom stereocenters. The number of nitrogens with one attached hydrogen (secondary N) is 1. The van der Waals surface area contributed by atoms with Crippen molar-refractivity contribution in [3.63, 3.8) is 0 Å². The van der Waals surface area contributed by atoms with Gasteiger partial charge in [0.2, 0.25) is 5.91 Å². The Morgan fingerprint density at radius 2 is 2.11 bits per heavy atom. The fraction of sp³-hybridized carbons (Fsp3) is 0.421. The number of hydrogen-bond acceptors (Lipinski definition) is 6. The molecule has 1 N–H and O–H groups in total. The number of thioether (sulfide) groups is 1. The summed E-state index contributed by atoms with van der Waals surface area (Å²) in [7, 11) is 0. The highest BCUT2D eigenvalue weighted by Gasteiger charge is 2.22. The zero-order chi connectivity index (χ0) is 19.7. The first-order chi connectivity index (χ1) is 12.8. The molecule has 3 rings (SSSR count). The van der Waals surface area contributed by atoms with Gasteiger partial charge in [-0.1, -0.05) is 11.8 Å². The average molecular weight is 406 g/mol. The Morgan fingerprint density at radius 1 is 1.37 bits per heavy atom. The fourth-order valence-electron chi connectivity index (χ4n) is 2.77. The molecule has 3 aromatic heterocycles. The minimum Gasteiger partial charge on any atom is -0.467 e. The smallest absolute Gasteiger partial charge is 0.263 e. The van der Waals surface area contributed by atoms with Gasteiger partial charge >= 0.3 is 0 Å². The number of nitrogens with zero attached hydrogens (tertiary/aromatic N) is 2. The maximum absolute atomic E-state index is 13.1. The predicted molar refractivity (Wildman–Crippen MR) is 110 cm³/mol. The van der Waals surface area contributed by atoms with Gasteiger partial charge in [-0.05, 0) is 52.3 Å². The zero-order valence-corrected chi connectivity index (χ0v) is 17.7. The number of furan rings is 1. The minimum absolute atomic E-state index is 0.0393. The van der Waals surface area contributed by atoms with Gasteiger partial charge in [0.1, 0.15) is 10.6 Å². The maximum atomic E-state index is 13.1. The first kappa shape index (κ1) is 19.7. The first-order valence-corrected chi connectivity index (χ1v) is 10.5. The number of carbonyl (C=O) groups is 1. The lowest BCUT2D eigenvalue weighted by Gasteiger charge is -2.18. The number of hydrogen-bond donors (Lipinski definition) is 1. The van der Waals surface area contributed by atoms with Gasteiger partial charge in [0.15, 0.2) is 5.16 Å². The number of thiophene rings is 1. The molecule has 0 fully saturated rings. The molecule has 3 heterocycles. The number of amides is 1. The van der Waals surface area contributed by atoms with Gasteiger partial charge in [0.25, 0.3) is 5.56 Å². The standard InChI is InChI=1S/C19H23N3O3S2/c1-10(2)22-18(24)15-11(3)12(4)26-17(15)21-19(22)27-13(5)16(23)20-9-14-7-6-8-25-14/h6-8,10,13H,9H2,1-5H3,(H,20,23)/t13-/m0/s1. The molecule has 0 aliphatic carbocycles. The second kappa shape index (κ2) is 7.90. The number of fused-ring (bicyclic) bond motifs is 1. The molecule has 0 saturated carbocycles. The van der Waals surface area contributed by atoms with Crippen LogP contribution in [0.2, 0.25) is 0 Å². The first-order valence-electron chi connectivity index (χ1n) is 8.78. The summed E-state index contributed by atoms with van der Waals surface area (Å²) >= 11 is 2.82. The molecule has 0 spiro atoms. The van der Waals surface area contributed by atoms with Crippen LogP contribution in [0.4, 0.5) is 0 Å². The van der Waals surface area contributed by atoms with E-state index >= 15 is 0 Å². The van der Waals surface area contributed by atoms with Gasteiger partial charge in [-0.25, -0.2) is 4.98 Å². The Balaban J connectivity index is 1.87. The van der Waals surface area contributed by atoms with Crippen molar-refractivity contribution in [1.82, 2.24) is 14.9 Å². The van der Waals surface area contributed by atoms with E-state index in [4.69, 9.17) is 9.40 Å². The van der Waals surface area contributed by atoms with Crippen LogP contribution in [0.15, 0.2) is 32.8 Å². The summed E-state index contributed by atoms with van der Waals surface area (Å²) in [6.07, 6.45) is 1.57. The maximum Gasteiger partial charge on any atom is 0.263 e. The SMILES string of the molecule is Cc1sc2nc(S[C@@H](C)C(=O)NCc3ccco3)n(C(C)C)c(=O)c2c1C. The van der Waals surface area contributed by atoms with E-state index in [0.717, 1.165) is 15.3 Å². The number of carbonyl (C=O) groups excluding carboxylic acids is 1. The molecular weight excluding hydrogens is 382 g/mol. The van der Waals surface area contributed by atoms with Crippen molar-refractivity contribution in [3.8, 4) is 0 Å². The van der Waals surface area contributed by atoms with Crippen LogP contribution < -0.4 is 10.9 Å². The molecule has 1 atom stereocenters. The Hall–Kier alpha value is -2.06. The van der Waals surface area contributed by atoms with E-state index in [1.807, 2.05) is 40.7 Å². The summed E-state index contributed by atoms with van der Waals surface area (Å²) in [5.74, 6) is 0.573. The third-order valence-corrected chi connectivity index (χ3v) is 6.55. The van der Waals surface area contributed by atoms with Crippen molar-refractivity contribution in [2.75, 3.05) is 0 Å². The molecule has 6 nitrogen and oxygen atoms in total. The molecular formula is C19H23N3O3S2. The van der Waals surface area contributed by atoms with E-state index in [-0.39, 0.29) is 17.5 Å². The topological polar surface area (TPSA) is 77.1 Å². The van der Waals surface area contributed by atoms with Crippen molar-refractivity contribution in [2.24, 2.45) is 0 Å². The molecule has 3 aromatic rings. The molecule has 0 aromatic carbocycles.